The third-order valence-corrected chi connectivity index (χ3v) is 3.37. The molecule has 0 spiro atoms. The van der Waals surface area contributed by atoms with E-state index in [4.69, 9.17) is 0 Å². The molecule has 6 nitrogen and oxygen atoms in total. The lowest BCUT2D eigenvalue weighted by atomic mass is 9.91. The standard InChI is InChI=1S/C10H12BrN3O3/c1-2-10(15)5-13(6-10)9-8(14(16)17)3-7(11)4-12-9/h3-4,15H,2,5-6H2,1H3. The summed E-state index contributed by atoms with van der Waals surface area (Å²) in [6.45, 7) is 2.67. The lowest BCUT2D eigenvalue weighted by Gasteiger charge is -2.46. The fraction of sp³-hybridized carbons (Fsp3) is 0.500. The van der Waals surface area contributed by atoms with Crippen molar-refractivity contribution >= 4 is 27.4 Å². The zero-order chi connectivity index (χ0) is 12.6. The number of rotatable bonds is 3. The highest BCUT2D eigenvalue weighted by Crippen LogP contribution is 2.35. The number of aromatic nitrogens is 1. The third kappa shape index (κ3) is 2.25. The van der Waals surface area contributed by atoms with E-state index in [9.17, 15) is 15.2 Å². The highest BCUT2D eigenvalue weighted by molar-refractivity contribution is 9.10. The molecule has 1 aliphatic heterocycles. The molecule has 0 aromatic carbocycles. The van der Waals surface area contributed by atoms with E-state index in [1.807, 2.05) is 6.92 Å². The van der Waals surface area contributed by atoms with Gasteiger partial charge in [-0.3, -0.25) is 10.1 Å². The zero-order valence-electron chi connectivity index (χ0n) is 9.26. The SMILES string of the molecule is CCC1(O)CN(c2ncc(Br)cc2[N+](=O)[O-])C1. The second kappa shape index (κ2) is 4.23. The zero-order valence-corrected chi connectivity index (χ0v) is 10.8. The molecule has 92 valence electrons. The molecular formula is C10H12BrN3O3. The summed E-state index contributed by atoms with van der Waals surface area (Å²) in [5.41, 5.74) is -0.777. The minimum absolute atomic E-state index is 0.0440. The van der Waals surface area contributed by atoms with Gasteiger partial charge in [-0.2, -0.15) is 0 Å². The Morgan fingerprint density at radius 1 is 1.71 bits per heavy atom. The molecule has 0 radical (unpaired) electrons. The average molecular weight is 302 g/mol. The summed E-state index contributed by atoms with van der Waals surface area (Å²) < 4.78 is 0.569. The smallest absolute Gasteiger partial charge is 0.312 e. The number of β-amino-alcohol motifs (C(OH)–C–C–N with tert-alkyl or cyclic N) is 1. The first-order valence-corrected chi connectivity index (χ1v) is 6.02. The summed E-state index contributed by atoms with van der Waals surface area (Å²) in [7, 11) is 0. The second-order valence-electron chi connectivity index (χ2n) is 4.19. The number of pyridine rings is 1. The van der Waals surface area contributed by atoms with Crippen LogP contribution < -0.4 is 4.90 Å². The Morgan fingerprint density at radius 3 is 2.88 bits per heavy atom. The molecule has 1 aromatic heterocycles. The van der Waals surface area contributed by atoms with E-state index in [0.717, 1.165) is 0 Å². The van der Waals surface area contributed by atoms with Gasteiger partial charge in [-0.15, -0.1) is 0 Å². The van der Waals surface area contributed by atoms with Gasteiger partial charge in [0.15, 0.2) is 0 Å². The first kappa shape index (κ1) is 12.3. The maximum atomic E-state index is 10.9. The van der Waals surface area contributed by atoms with Crippen LogP contribution in [0, 0.1) is 10.1 Å². The first-order chi connectivity index (χ1) is 7.95. The molecule has 7 heteroatoms. The van der Waals surface area contributed by atoms with E-state index in [-0.39, 0.29) is 5.69 Å². The molecule has 1 aromatic rings. The molecule has 17 heavy (non-hydrogen) atoms. The Bertz CT molecular complexity index is 460. The van der Waals surface area contributed by atoms with Crippen LogP contribution in [0.5, 0.6) is 0 Å². The Hall–Kier alpha value is -1.21. The van der Waals surface area contributed by atoms with Crippen molar-refractivity contribution < 1.29 is 10.0 Å². The summed E-state index contributed by atoms with van der Waals surface area (Å²) in [4.78, 5) is 16.2. The molecule has 0 amide bonds. The number of anilines is 1. The fourth-order valence-corrected chi connectivity index (χ4v) is 2.16. The van der Waals surface area contributed by atoms with Gasteiger partial charge in [-0.25, -0.2) is 4.98 Å². The lowest BCUT2D eigenvalue weighted by Crippen LogP contribution is -2.62. The molecule has 2 heterocycles. The highest BCUT2D eigenvalue weighted by Gasteiger charge is 2.42. The van der Waals surface area contributed by atoms with Crippen LogP contribution in [-0.4, -0.2) is 33.7 Å². The van der Waals surface area contributed by atoms with Gasteiger partial charge in [0.25, 0.3) is 0 Å². The van der Waals surface area contributed by atoms with Crippen LogP contribution in [0.3, 0.4) is 0 Å². The van der Waals surface area contributed by atoms with E-state index < -0.39 is 10.5 Å². The third-order valence-electron chi connectivity index (χ3n) is 2.94. The summed E-state index contributed by atoms with van der Waals surface area (Å²) in [5.74, 6) is 0.316. The van der Waals surface area contributed by atoms with Crippen LogP contribution in [0.1, 0.15) is 13.3 Å². The molecule has 0 aliphatic carbocycles. The molecule has 0 unspecified atom stereocenters. The maximum absolute atomic E-state index is 10.9. The largest absolute Gasteiger partial charge is 0.386 e. The van der Waals surface area contributed by atoms with Gasteiger partial charge in [-0.05, 0) is 22.4 Å². The number of halogens is 1. The van der Waals surface area contributed by atoms with Gasteiger partial charge in [0.1, 0.15) is 0 Å². The van der Waals surface area contributed by atoms with E-state index in [1.165, 1.54) is 12.3 Å². The van der Waals surface area contributed by atoms with Gasteiger partial charge in [-0.1, -0.05) is 6.92 Å². The Balaban J connectivity index is 2.26. The van der Waals surface area contributed by atoms with Crippen LogP contribution in [0.25, 0.3) is 0 Å². The number of hydrogen-bond acceptors (Lipinski definition) is 5. The van der Waals surface area contributed by atoms with Crippen LogP contribution >= 0.6 is 15.9 Å². The van der Waals surface area contributed by atoms with Gasteiger partial charge in [0, 0.05) is 16.7 Å². The van der Waals surface area contributed by atoms with E-state index >= 15 is 0 Å². The maximum Gasteiger partial charge on any atom is 0.312 e. The molecule has 1 fully saturated rings. The number of nitro groups is 1. The minimum Gasteiger partial charge on any atom is -0.386 e. The molecule has 0 bridgehead atoms. The monoisotopic (exact) mass is 301 g/mol. The molecule has 2 rings (SSSR count). The molecule has 0 saturated carbocycles. The Morgan fingerprint density at radius 2 is 2.35 bits per heavy atom. The van der Waals surface area contributed by atoms with Crippen molar-refractivity contribution in [2.75, 3.05) is 18.0 Å². The van der Waals surface area contributed by atoms with Crippen molar-refractivity contribution in [2.24, 2.45) is 0 Å². The van der Waals surface area contributed by atoms with Gasteiger partial charge in [0.05, 0.1) is 23.6 Å². The summed E-state index contributed by atoms with van der Waals surface area (Å²) in [6, 6.07) is 1.42. The quantitative estimate of drug-likeness (QED) is 0.679. The van der Waals surface area contributed by atoms with Crippen molar-refractivity contribution in [3.8, 4) is 0 Å². The minimum atomic E-state index is -0.734. The van der Waals surface area contributed by atoms with Crippen molar-refractivity contribution in [3.63, 3.8) is 0 Å². The molecule has 0 atom stereocenters. The first-order valence-electron chi connectivity index (χ1n) is 5.22. The Labute approximate surface area is 107 Å². The number of nitrogens with zero attached hydrogens (tertiary/aromatic N) is 3. The summed E-state index contributed by atoms with van der Waals surface area (Å²) >= 11 is 3.15. The van der Waals surface area contributed by atoms with Gasteiger partial charge >= 0.3 is 5.69 Å². The van der Waals surface area contributed by atoms with E-state index in [2.05, 4.69) is 20.9 Å². The van der Waals surface area contributed by atoms with Crippen molar-refractivity contribution in [2.45, 2.75) is 18.9 Å². The summed E-state index contributed by atoms with van der Waals surface area (Å²) in [5, 5.41) is 20.8. The summed E-state index contributed by atoms with van der Waals surface area (Å²) in [6.07, 6.45) is 2.15. The van der Waals surface area contributed by atoms with Crippen LogP contribution in [0.4, 0.5) is 11.5 Å². The fourth-order valence-electron chi connectivity index (χ4n) is 1.84. The molecule has 1 aliphatic rings. The molecular weight excluding hydrogens is 290 g/mol. The van der Waals surface area contributed by atoms with E-state index in [0.29, 0.717) is 29.8 Å². The predicted octanol–water partition coefficient (Wildman–Crippen LogP) is 1.71. The highest BCUT2D eigenvalue weighted by atomic mass is 79.9. The topological polar surface area (TPSA) is 79.5 Å². The Kier molecular flexibility index (Phi) is 3.05. The van der Waals surface area contributed by atoms with Crippen molar-refractivity contribution in [1.29, 1.82) is 0 Å². The van der Waals surface area contributed by atoms with E-state index in [1.54, 1.807) is 4.90 Å². The molecule has 1 saturated heterocycles. The predicted molar refractivity (Wildman–Crippen MR) is 66.0 cm³/mol. The van der Waals surface area contributed by atoms with Crippen LogP contribution in [0.15, 0.2) is 16.7 Å². The number of aliphatic hydroxyl groups is 1. The average Bonchev–Trinajstić information content (AvgIpc) is 2.25. The molecule has 1 N–H and O–H groups in total. The second-order valence-corrected chi connectivity index (χ2v) is 5.10. The number of hydrogen-bond donors (Lipinski definition) is 1. The van der Waals surface area contributed by atoms with Gasteiger partial charge < -0.3 is 10.0 Å². The normalized spacial score (nSPS) is 17.7. The van der Waals surface area contributed by atoms with Crippen molar-refractivity contribution in [1.82, 2.24) is 4.98 Å². The lowest BCUT2D eigenvalue weighted by molar-refractivity contribution is -0.384. The van der Waals surface area contributed by atoms with Crippen LogP contribution in [-0.2, 0) is 0 Å². The van der Waals surface area contributed by atoms with Gasteiger partial charge in [0.2, 0.25) is 5.82 Å². The van der Waals surface area contributed by atoms with Crippen molar-refractivity contribution in [3.05, 3.63) is 26.9 Å². The van der Waals surface area contributed by atoms with Crippen LogP contribution in [0.2, 0.25) is 0 Å².